The van der Waals surface area contributed by atoms with E-state index in [1.165, 1.54) is 6.33 Å². The summed E-state index contributed by atoms with van der Waals surface area (Å²) in [6, 6.07) is 0. The van der Waals surface area contributed by atoms with Crippen LogP contribution >= 0.6 is 0 Å². The minimum atomic E-state index is -0.0681. The van der Waals surface area contributed by atoms with Gasteiger partial charge in [-0.2, -0.15) is 4.98 Å². The Morgan fingerprint density at radius 1 is 1.05 bits per heavy atom. The van der Waals surface area contributed by atoms with Crippen LogP contribution in [0.25, 0.3) is 11.1 Å². The maximum Gasteiger partial charge on any atom is 0.276 e. The van der Waals surface area contributed by atoms with Gasteiger partial charge < -0.3 is 14.3 Å². The predicted octanol–water partition coefficient (Wildman–Crippen LogP) is 1.45. The van der Waals surface area contributed by atoms with Gasteiger partial charge in [0.25, 0.3) is 11.6 Å². The first-order valence-corrected chi connectivity index (χ1v) is 7.49. The molecular weight excluding hydrogens is 270 g/mol. The number of anilines is 1. The lowest BCUT2D eigenvalue weighted by molar-refractivity contribution is 0.0784. The first-order valence-electron chi connectivity index (χ1n) is 7.49. The second-order valence-corrected chi connectivity index (χ2v) is 5.60. The molecule has 2 saturated heterocycles. The summed E-state index contributed by atoms with van der Waals surface area (Å²) in [5, 5.41) is 4.64. The number of carbonyl (C=O) groups is 1. The number of fused-ring (bicyclic) bond motifs is 1. The molecule has 1 amide bonds. The second kappa shape index (κ2) is 4.98. The summed E-state index contributed by atoms with van der Waals surface area (Å²) in [7, 11) is 0. The fourth-order valence-electron chi connectivity index (χ4n) is 3.16. The summed E-state index contributed by atoms with van der Waals surface area (Å²) in [6.45, 7) is 3.49. The summed E-state index contributed by atoms with van der Waals surface area (Å²) in [5.41, 5.74) is 0.754. The zero-order chi connectivity index (χ0) is 14.2. The summed E-state index contributed by atoms with van der Waals surface area (Å²) >= 11 is 0. The zero-order valence-corrected chi connectivity index (χ0v) is 11.8. The molecule has 0 saturated carbocycles. The van der Waals surface area contributed by atoms with Crippen molar-refractivity contribution >= 4 is 22.8 Å². The van der Waals surface area contributed by atoms with Crippen molar-refractivity contribution in [3.63, 3.8) is 0 Å². The van der Waals surface area contributed by atoms with Gasteiger partial charge in [0, 0.05) is 26.2 Å². The number of amides is 1. The van der Waals surface area contributed by atoms with Crippen LogP contribution in [0.15, 0.2) is 10.9 Å². The fourth-order valence-corrected chi connectivity index (χ4v) is 3.16. The molecule has 0 radical (unpaired) electrons. The van der Waals surface area contributed by atoms with Crippen molar-refractivity contribution in [2.75, 3.05) is 31.1 Å². The Balaban J connectivity index is 1.80. The van der Waals surface area contributed by atoms with Crippen LogP contribution in [0.5, 0.6) is 0 Å². The van der Waals surface area contributed by atoms with E-state index in [9.17, 15) is 4.79 Å². The number of nitrogens with zero attached hydrogens (tertiary/aromatic N) is 5. The van der Waals surface area contributed by atoms with Gasteiger partial charge in [-0.25, -0.2) is 4.98 Å². The van der Waals surface area contributed by atoms with E-state index in [4.69, 9.17) is 4.52 Å². The predicted molar refractivity (Wildman–Crippen MR) is 76.2 cm³/mol. The molecule has 2 aromatic rings. The third kappa shape index (κ3) is 2.03. The topological polar surface area (TPSA) is 75.4 Å². The molecule has 2 aromatic heterocycles. The van der Waals surface area contributed by atoms with E-state index in [-0.39, 0.29) is 5.91 Å². The van der Waals surface area contributed by atoms with Crippen LogP contribution < -0.4 is 4.90 Å². The molecule has 2 fully saturated rings. The molecule has 21 heavy (non-hydrogen) atoms. The highest BCUT2D eigenvalue weighted by Crippen LogP contribution is 2.29. The van der Waals surface area contributed by atoms with Crippen LogP contribution in [-0.4, -0.2) is 52.1 Å². The molecule has 0 aliphatic carbocycles. The summed E-state index contributed by atoms with van der Waals surface area (Å²) < 4.78 is 5.25. The fraction of sp³-hybridized carbons (Fsp3) is 0.571. The van der Waals surface area contributed by atoms with E-state index in [2.05, 4.69) is 20.0 Å². The molecule has 4 heterocycles. The lowest BCUT2D eigenvalue weighted by Gasteiger charge is -2.17. The van der Waals surface area contributed by atoms with E-state index in [1.807, 2.05) is 4.90 Å². The van der Waals surface area contributed by atoms with Gasteiger partial charge in [0.15, 0.2) is 5.69 Å². The summed E-state index contributed by atoms with van der Waals surface area (Å²) in [6.07, 6.45) is 5.87. The number of carbonyl (C=O) groups excluding carboxylic acids is 1. The summed E-state index contributed by atoms with van der Waals surface area (Å²) in [5.74, 6) is 0.711. The molecule has 0 aromatic carbocycles. The normalized spacial score (nSPS) is 18.9. The average molecular weight is 287 g/mol. The van der Waals surface area contributed by atoms with Gasteiger partial charge in [-0.1, -0.05) is 5.16 Å². The third-order valence-corrected chi connectivity index (χ3v) is 4.25. The van der Waals surface area contributed by atoms with Crippen molar-refractivity contribution in [3.8, 4) is 0 Å². The third-order valence-electron chi connectivity index (χ3n) is 4.25. The molecule has 0 unspecified atom stereocenters. The van der Waals surface area contributed by atoms with E-state index in [0.717, 1.165) is 57.7 Å². The molecule has 0 atom stereocenters. The van der Waals surface area contributed by atoms with Crippen LogP contribution in [-0.2, 0) is 0 Å². The number of rotatable bonds is 2. The standard InChI is InChI=1S/C14H17N5O2/c20-14(19-7-3-4-8-19)11-10-12(18-5-1-2-6-18)15-9-16-13(10)21-17-11/h9H,1-8H2. The van der Waals surface area contributed by atoms with Crippen LogP contribution in [0, 0.1) is 0 Å². The number of aromatic nitrogens is 3. The minimum Gasteiger partial charge on any atom is -0.356 e. The van der Waals surface area contributed by atoms with Crippen molar-refractivity contribution < 1.29 is 9.32 Å². The lowest BCUT2D eigenvalue weighted by Crippen LogP contribution is -2.28. The Bertz CT molecular complexity index is 671. The quantitative estimate of drug-likeness (QED) is 0.832. The Morgan fingerprint density at radius 3 is 2.52 bits per heavy atom. The highest BCUT2D eigenvalue weighted by Gasteiger charge is 2.29. The van der Waals surface area contributed by atoms with Gasteiger partial charge in [-0.05, 0) is 25.7 Å². The Morgan fingerprint density at radius 2 is 1.76 bits per heavy atom. The lowest BCUT2D eigenvalue weighted by atomic mass is 10.2. The molecule has 2 aliphatic heterocycles. The van der Waals surface area contributed by atoms with Crippen LogP contribution in [0.4, 0.5) is 5.82 Å². The number of hydrogen-bond acceptors (Lipinski definition) is 6. The van der Waals surface area contributed by atoms with E-state index < -0.39 is 0 Å². The van der Waals surface area contributed by atoms with E-state index >= 15 is 0 Å². The monoisotopic (exact) mass is 287 g/mol. The number of hydrogen-bond donors (Lipinski definition) is 0. The molecule has 0 N–H and O–H groups in total. The van der Waals surface area contributed by atoms with Gasteiger partial charge in [-0.3, -0.25) is 4.79 Å². The van der Waals surface area contributed by atoms with Gasteiger partial charge in [-0.15, -0.1) is 0 Å². The smallest absolute Gasteiger partial charge is 0.276 e. The Hall–Kier alpha value is -2.18. The van der Waals surface area contributed by atoms with E-state index in [0.29, 0.717) is 16.8 Å². The molecule has 110 valence electrons. The molecular formula is C14H17N5O2. The minimum absolute atomic E-state index is 0.0681. The first kappa shape index (κ1) is 12.6. The Kier molecular flexibility index (Phi) is 2.98. The van der Waals surface area contributed by atoms with Gasteiger partial charge in [0.1, 0.15) is 17.5 Å². The van der Waals surface area contributed by atoms with Gasteiger partial charge in [0.2, 0.25) is 0 Å². The molecule has 0 spiro atoms. The van der Waals surface area contributed by atoms with E-state index in [1.54, 1.807) is 0 Å². The first-order chi connectivity index (χ1) is 10.3. The highest BCUT2D eigenvalue weighted by molar-refractivity contribution is 6.07. The van der Waals surface area contributed by atoms with Crippen LogP contribution in [0.2, 0.25) is 0 Å². The maximum absolute atomic E-state index is 12.6. The molecule has 7 nitrogen and oxygen atoms in total. The van der Waals surface area contributed by atoms with Crippen molar-refractivity contribution in [1.29, 1.82) is 0 Å². The summed E-state index contributed by atoms with van der Waals surface area (Å²) in [4.78, 5) is 25.1. The van der Waals surface area contributed by atoms with Crippen molar-refractivity contribution in [2.24, 2.45) is 0 Å². The molecule has 2 aliphatic rings. The highest BCUT2D eigenvalue weighted by atomic mass is 16.5. The average Bonchev–Trinajstić information content (AvgIpc) is 3.25. The van der Waals surface area contributed by atoms with Crippen LogP contribution in [0.1, 0.15) is 36.2 Å². The van der Waals surface area contributed by atoms with Crippen molar-refractivity contribution in [3.05, 3.63) is 12.0 Å². The Labute approximate surface area is 121 Å². The zero-order valence-electron chi connectivity index (χ0n) is 11.8. The van der Waals surface area contributed by atoms with Gasteiger partial charge >= 0.3 is 0 Å². The van der Waals surface area contributed by atoms with Crippen LogP contribution in [0.3, 0.4) is 0 Å². The molecule has 0 bridgehead atoms. The van der Waals surface area contributed by atoms with Gasteiger partial charge in [0.05, 0.1) is 0 Å². The molecule has 4 rings (SSSR count). The number of likely N-dealkylation sites (tertiary alicyclic amines) is 1. The maximum atomic E-state index is 12.6. The van der Waals surface area contributed by atoms with Crippen molar-refractivity contribution in [1.82, 2.24) is 20.0 Å². The second-order valence-electron chi connectivity index (χ2n) is 5.60. The van der Waals surface area contributed by atoms with Crippen molar-refractivity contribution in [2.45, 2.75) is 25.7 Å². The SMILES string of the molecule is O=C(c1noc2ncnc(N3CCCC3)c12)N1CCCC1. The molecule has 7 heteroatoms. The largest absolute Gasteiger partial charge is 0.356 e.